The summed E-state index contributed by atoms with van der Waals surface area (Å²) in [5, 5.41) is 35.0. The summed E-state index contributed by atoms with van der Waals surface area (Å²) in [6, 6.07) is 9.87. The number of para-hydroxylation sites is 1. The molecule has 0 unspecified atom stereocenters. The largest absolute Gasteiger partial charge is 0.462 e. The number of hydrogen-bond donors (Lipinski definition) is 3. The predicted molar refractivity (Wildman–Crippen MR) is 131 cm³/mol. The number of hydrogen-bond acceptors (Lipinski definition) is 10. The van der Waals surface area contributed by atoms with Gasteiger partial charge in [-0.15, -0.1) is 0 Å². The summed E-state index contributed by atoms with van der Waals surface area (Å²) < 4.78 is 22.4. The van der Waals surface area contributed by atoms with E-state index in [1.54, 1.807) is 32.9 Å². The number of carbonyl (C=O) groups is 1. The Morgan fingerprint density at radius 1 is 1.16 bits per heavy atom. The Labute approximate surface area is 210 Å². The van der Waals surface area contributed by atoms with Crippen molar-refractivity contribution in [3.8, 4) is 5.75 Å². The van der Waals surface area contributed by atoms with Crippen molar-refractivity contribution in [1.82, 2.24) is 0 Å². The molecule has 1 amide bonds. The molecule has 0 radical (unpaired) electrons. The number of aliphatic hydroxyl groups excluding tert-OH is 2. The maximum Gasteiger partial charge on any atom is 0.360 e. The van der Waals surface area contributed by atoms with Gasteiger partial charge in [-0.25, -0.2) is 4.79 Å². The van der Waals surface area contributed by atoms with Crippen LogP contribution in [-0.2, 0) is 9.47 Å². The minimum Gasteiger partial charge on any atom is -0.462 e. The van der Waals surface area contributed by atoms with Crippen molar-refractivity contribution in [2.24, 2.45) is 0 Å². The molecule has 0 aliphatic carbocycles. The molecule has 1 aliphatic rings. The number of rotatable bonds is 6. The maximum absolute atomic E-state index is 12.7. The van der Waals surface area contributed by atoms with Crippen LogP contribution in [-0.4, -0.2) is 58.4 Å². The number of nitrogens with one attached hydrogen (secondary N) is 1. The standard InChI is InChI=1S/C25H26N2O10/c1-12-17(35-24-19(29)18(28)21(34-4)25(2,3)37-24)10-9-13-11-15(23(31)36-20(12)13)26-22(30)14-7-5-6-8-16(14)27(32)33/h5-11,18-19,21,24,28-29H,1-4H3,(H,26,30)/t18-,19-,21+,24+/m0/s1. The van der Waals surface area contributed by atoms with Gasteiger partial charge in [0.1, 0.15) is 40.9 Å². The number of nitro benzene ring substituents is 1. The van der Waals surface area contributed by atoms with Gasteiger partial charge in [0.2, 0.25) is 6.29 Å². The zero-order valence-electron chi connectivity index (χ0n) is 20.5. The molecule has 12 heteroatoms. The molecule has 1 fully saturated rings. The Hall–Kier alpha value is -3.84. The molecule has 3 N–H and O–H groups in total. The van der Waals surface area contributed by atoms with Crippen LogP contribution in [0.2, 0.25) is 0 Å². The van der Waals surface area contributed by atoms with Gasteiger partial charge < -0.3 is 34.2 Å². The van der Waals surface area contributed by atoms with Crippen LogP contribution in [0.3, 0.4) is 0 Å². The summed E-state index contributed by atoms with van der Waals surface area (Å²) in [5.41, 5.74) is -2.11. The highest BCUT2D eigenvalue weighted by atomic mass is 16.7. The van der Waals surface area contributed by atoms with E-state index in [0.29, 0.717) is 10.9 Å². The highest BCUT2D eigenvalue weighted by Gasteiger charge is 2.50. The lowest BCUT2D eigenvalue weighted by atomic mass is 9.89. The molecule has 2 heterocycles. The molecule has 4 atom stereocenters. The number of nitrogens with zero attached hydrogens (tertiary/aromatic N) is 1. The van der Waals surface area contributed by atoms with E-state index in [9.17, 15) is 29.9 Å². The summed E-state index contributed by atoms with van der Waals surface area (Å²) in [6.45, 7) is 5.01. The number of methoxy groups -OCH3 is 1. The second kappa shape index (κ2) is 9.90. The molecule has 12 nitrogen and oxygen atoms in total. The van der Waals surface area contributed by atoms with Crippen molar-refractivity contribution in [3.05, 3.63) is 74.1 Å². The topological polar surface area (TPSA) is 171 Å². The number of nitro groups is 1. The fourth-order valence-electron chi connectivity index (χ4n) is 4.36. The third-order valence-corrected chi connectivity index (χ3v) is 6.24. The number of aliphatic hydroxyl groups is 2. The normalized spacial score (nSPS) is 23.0. The van der Waals surface area contributed by atoms with Crippen LogP contribution in [0, 0.1) is 17.0 Å². The lowest BCUT2D eigenvalue weighted by Gasteiger charge is -2.46. The van der Waals surface area contributed by atoms with Gasteiger partial charge >= 0.3 is 5.63 Å². The van der Waals surface area contributed by atoms with Gasteiger partial charge in [-0.1, -0.05) is 12.1 Å². The highest BCUT2D eigenvalue weighted by molar-refractivity contribution is 6.07. The Kier molecular flexibility index (Phi) is 7.02. The number of ether oxygens (including phenoxy) is 3. The Morgan fingerprint density at radius 3 is 2.54 bits per heavy atom. The molecular weight excluding hydrogens is 488 g/mol. The van der Waals surface area contributed by atoms with E-state index in [1.807, 2.05) is 0 Å². The second-order valence-electron chi connectivity index (χ2n) is 9.13. The summed E-state index contributed by atoms with van der Waals surface area (Å²) in [5.74, 6) is -0.607. The average molecular weight is 514 g/mol. The monoisotopic (exact) mass is 514 g/mol. The smallest absolute Gasteiger partial charge is 0.360 e. The fourth-order valence-corrected chi connectivity index (χ4v) is 4.36. The number of fused-ring (bicyclic) bond motifs is 1. The molecule has 3 aromatic rings. The molecule has 0 saturated carbocycles. The molecule has 4 rings (SSSR count). The van der Waals surface area contributed by atoms with Crippen LogP contribution < -0.4 is 15.7 Å². The van der Waals surface area contributed by atoms with Gasteiger partial charge in [0.05, 0.1) is 10.5 Å². The molecule has 1 saturated heterocycles. The molecular formula is C25H26N2O10. The molecule has 1 aromatic heterocycles. The first-order chi connectivity index (χ1) is 17.4. The van der Waals surface area contributed by atoms with Crippen LogP contribution in [0.1, 0.15) is 29.8 Å². The first-order valence-electron chi connectivity index (χ1n) is 11.3. The quantitative estimate of drug-likeness (QED) is 0.252. The average Bonchev–Trinajstić information content (AvgIpc) is 2.85. The first-order valence-corrected chi connectivity index (χ1v) is 11.3. The number of anilines is 1. The minimum absolute atomic E-state index is 0.158. The number of amides is 1. The third-order valence-electron chi connectivity index (χ3n) is 6.24. The lowest BCUT2D eigenvalue weighted by molar-refractivity contribution is -0.385. The van der Waals surface area contributed by atoms with Crippen molar-refractivity contribution in [2.45, 2.75) is 51.0 Å². The van der Waals surface area contributed by atoms with Crippen LogP contribution in [0.4, 0.5) is 11.4 Å². The van der Waals surface area contributed by atoms with E-state index in [-0.39, 0.29) is 22.6 Å². The van der Waals surface area contributed by atoms with Gasteiger partial charge in [0, 0.05) is 24.1 Å². The van der Waals surface area contributed by atoms with Gasteiger partial charge in [0.15, 0.2) is 0 Å². The van der Waals surface area contributed by atoms with E-state index in [1.165, 1.54) is 37.4 Å². The number of carbonyl (C=O) groups excluding carboxylic acids is 1. The van der Waals surface area contributed by atoms with E-state index < -0.39 is 52.3 Å². The predicted octanol–water partition coefficient (Wildman–Crippen LogP) is 2.51. The Balaban J connectivity index is 1.61. The van der Waals surface area contributed by atoms with Crippen molar-refractivity contribution in [1.29, 1.82) is 0 Å². The van der Waals surface area contributed by atoms with Gasteiger partial charge in [0.25, 0.3) is 11.6 Å². The van der Waals surface area contributed by atoms with E-state index in [0.717, 1.165) is 0 Å². The molecule has 196 valence electrons. The summed E-state index contributed by atoms with van der Waals surface area (Å²) in [6.07, 6.45) is -4.72. The zero-order valence-corrected chi connectivity index (χ0v) is 20.5. The van der Waals surface area contributed by atoms with Crippen molar-refractivity contribution in [3.63, 3.8) is 0 Å². The third kappa shape index (κ3) is 4.91. The molecule has 0 bridgehead atoms. The summed E-state index contributed by atoms with van der Waals surface area (Å²) in [7, 11) is 1.40. The molecule has 0 spiro atoms. The zero-order chi connectivity index (χ0) is 27.1. The van der Waals surface area contributed by atoms with Crippen molar-refractivity contribution < 1.29 is 38.6 Å². The van der Waals surface area contributed by atoms with Gasteiger partial charge in [-0.3, -0.25) is 14.9 Å². The minimum atomic E-state index is -1.42. The molecule has 37 heavy (non-hydrogen) atoms. The van der Waals surface area contributed by atoms with Gasteiger partial charge in [-0.2, -0.15) is 0 Å². The van der Waals surface area contributed by atoms with E-state index in [4.69, 9.17) is 18.6 Å². The van der Waals surface area contributed by atoms with E-state index in [2.05, 4.69) is 5.32 Å². The summed E-state index contributed by atoms with van der Waals surface area (Å²) in [4.78, 5) is 35.8. The maximum atomic E-state index is 12.7. The van der Waals surface area contributed by atoms with Gasteiger partial charge in [-0.05, 0) is 45.0 Å². The van der Waals surface area contributed by atoms with Crippen LogP contribution in [0.5, 0.6) is 5.75 Å². The highest BCUT2D eigenvalue weighted by Crippen LogP contribution is 2.35. The Morgan fingerprint density at radius 2 is 1.86 bits per heavy atom. The SMILES string of the molecule is CO[C@@H]1[C@@H](O)[C@H](O)[C@H](Oc2ccc3cc(NC(=O)c4ccccc4[N+](=O)[O-])c(=O)oc3c2C)OC1(C)C. The van der Waals surface area contributed by atoms with Crippen LogP contribution in [0.25, 0.3) is 11.0 Å². The van der Waals surface area contributed by atoms with Crippen LogP contribution in [0.15, 0.2) is 51.7 Å². The molecule has 2 aromatic carbocycles. The van der Waals surface area contributed by atoms with E-state index >= 15 is 0 Å². The van der Waals surface area contributed by atoms with Crippen molar-refractivity contribution in [2.75, 3.05) is 12.4 Å². The number of benzene rings is 2. The fraction of sp³-hybridized carbons (Fsp3) is 0.360. The van der Waals surface area contributed by atoms with Crippen molar-refractivity contribution >= 4 is 28.3 Å². The number of aryl methyl sites for hydroxylation is 1. The van der Waals surface area contributed by atoms with Crippen LogP contribution >= 0.6 is 0 Å². The Bertz CT molecular complexity index is 1420. The first kappa shape index (κ1) is 26.2. The lowest BCUT2D eigenvalue weighted by Crippen LogP contribution is -2.63. The molecule has 1 aliphatic heterocycles. The second-order valence-corrected chi connectivity index (χ2v) is 9.13. The summed E-state index contributed by atoms with van der Waals surface area (Å²) >= 11 is 0.